The number of aromatic nitrogens is 2. The van der Waals surface area contributed by atoms with Gasteiger partial charge in [-0.15, -0.1) is 0 Å². The van der Waals surface area contributed by atoms with Crippen molar-refractivity contribution >= 4 is 12.0 Å². The van der Waals surface area contributed by atoms with Crippen molar-refractivity contribution in [3.05, 3.63) is 23.5 Å². The van der Waals surface area contributed by atoms with Crippen LogP contribution in [0.15, 0.2) is 12.3 Å². The summed E-state index contributed by atoms with van der Waals surface area (Å²) in [5.41, 5.74) is 2.20. The molecule has 0 aromatic carbocycles. The minimum Gasteiger partial charge on any atom is -0.353 e. The third-order valence-corrected chi connectivity index (χ3v) is 2.04. The van der Waals surface area contributed by atoms with Crippen LogP contribution in [0.2, 0.25) is 0 Å². The van der Waals surface area contributed by atoms with E-state index in [9.17, 15) is 4.79 Å². The van der Waals surface area contributed by atoms with Crippen molar-refractivity contribution in [2.45, 2.75) is 13.8 Å². The lowest BCUT2D eigenvalue weighted by molar-refractivity contribution is -0.118. The Kier molecular flexibility index (Phi) is 3.45. The summed E-state index contributed by atoms with van der Waals surface area (Å²) in [6, 6.07) is 0. The van der Waals surface area contributed by atoms with Gasteiger partial charge in [0.25, 0.3) is 0 Å². The van der Waals surface area contributed by atoms with Crippen molar-refractivity contribution in [1.82, 2.24) is 15.1 Å². The van der Waals surface area contributed by atoms with Crippen molar-refractivity contribution in [2.24, 2.45) is 7.05 Å². The monoisotopic (exact) mass is 193 g/mol. The zero-order valence-electron chi connectivity index (χ0n) is 8.74. The van der Waals surface area contributed by atoms with Gasteiger partial charge in [0.1, 0.15) is 0 Å². The van der Waals surface area contributed by atoms with Crippen LogP contribution in [0.3, 0.4) is 0 Å². The van der Waals surface area contributed by atoms with Crippen LogP contribution in [0.1, 0.15) is 18.2 Å². The highest BCUT2D eigenvalue weighted by atomic mass is 16.1. The topological polar surface area (TPSA) is 46.9 Å². The number of hydrogen-bond donors (Lipinski definition) is 1. The second-order valence-electron chi connectivity index (χ2n) is 3.15. The van der Waals surface area contributed by atoms with Gasteiger partial charge in [-0.25, -0.2) is 0 Å². The average molecular weight is 193 g/mol. The van der Waals surface area contributed by atoms with Crippen LogP contribution in [0.4, 0.5) is 0 Å². The number of aryl methyl sites for hydroxylation is 1. The van der Waals surface area contributed by atoms with Crippen molar-refractivity contribution in [3.63, 3.8) is 0 Å². The van der Waals surface area contributed by atoms with Gasteiger partial charge >= 0.3 is 0 Å². The predicted molar refractivity (Wildman–Crippen MR) is 55.7 cm³/mol. The van der Waals surface area contributed by atoms with E-state index in [2.05, 4.69) is 10.4 Å². The lowest BCUT2D eigenvalue weighted by Crippen LogP contribution is -2.19. The first-order valence-electron chi connectivity index (χ1n) is 4.51. The molecule has 1 aromatic heterocycles. The van der Waals surface area contributed by atoms with E-state index in [4.69, 9.17) is 0 Å². The first-order chi connectivity index (χ1) is 6.61. The van der Waals surface area contributed by atoms with Gasteiger partial charge in [-0.05, 0) is 6.92 Å². The highest BCUT2D eigenvalue weighted by Gasteiger charge is 1.98. The van der Waals surface area contributed by atoms with Crippen molar-refractivity contribution < 1.29 is 4.79 Å². The number of nitrogens with zero attached hydrogens (tertiary/aromatic N) is 2. The summed E-state index contributed by atoms with van der Waals surface area (Å²) in [7, 11) is 1.90. The summed E-state index contributed by atoms with van der Waals surface area (Å²) in [5, 5.41) is 6.80. The van der Waals surface area contributed by atoms with E-state index in [1.54, 1.807) is 6.20 Å². The molecule has 0 radical (unpaired) electrons. The van der Waals surface area contributed by atoms with Gasteiger partial charge in [0.2, 0.25) is 5.91 Å². The highest BCUT2D eigenvalue weighted by molar-refractivity contribution is 5.73. The molecule has 0 saturated carbocycles. The van der Waals surface area contributed by atoms with Gasteiger partial charge in [-0.2, -0.15) is 5.10 Å². The van der Waals surface area contributed by atoms with Crippen LogP contribution >= 0.6 is 0 Å². The molecular formula is C10H15N3O. The number of hydrogen-bond acceptors (Lipinski definition) is 2. The zero-order valence-corrected chi connectivity index (χ0v) is 8.74. The van der Waals surface area contributed by atoms with E-state index >= 15 is 0 Å². The molecule has 1 N–H and O–H groups in total. The Hall–Kier alpha value is -1.58. The van der Waals surface area contributed by atoms with Crippen LogP contribution in [-0.4, -0.2) is 22.2 Å². The van der Waals surface area contributed by atoms with Crippen LogP contribution in [0.25, 0.3) is 6.08 Å². The average Bonchev–Trinajstić information content (AvgIpc) is 2.43. The highest BCUT2D eigenvalue weighted by Crippen LogP contribution is 2.06. The van der Waals surface area contributed by atoms with Gasteiger partial charge in [0.15, 0.2) is 0 Å². The smallest absolute Gasteiger partial charge is 0.217 e. The predicted octanol–water partition coefficient (Wildman–Crippen LogP) is 0.878. The Morgan fingerprint density at radius 3 is 2.93 bits per heavy atom. The maximum atomic E-state index is 10.6. The van der Waals surface area contributed by atoms with Crippen LogP contribution in [0.5, 0.6) is 0 Å². The molecule has 4 nitrogen and oxygen atoms in total. The third-order valence-electron chi connectivity index (χ3n) is 2.04. The molecule has 1 aromatic rings. The summed E-state index contributed by atoms with van der Waals surface area (Å²) >= 11 is 0. The molecule has 4 heteroatoms. The minimum atomic E-state index is -0.0161. The van der Waals surface area contributed by atoms with Gasteiger partial charge in [-0.1, -0.05) is 12.2 Å². The first kappa shape index (κ1) is 10.5. The molecular weight excluding hydrogens is 178 g/mol. The van der Waals surface area contributed by atoms with E-state index in [0.717, 1.165) is 11.3 Å². The molecule has 14 heavy (non-hydrogen) atoms. The normalized spacial score (nSPS) is 10.8. The fourth-order valence-electron chi connectivity index (χ4n) is 1.07. The largest absolute Gasteiger partial charge is 0.353 e. The van der Waals surface area contributed by atoms with Gasteiger partial charge in [-0.3, -0.25) is 9.48 Å². The second-order valence-corrected chi connectivity index (χ2v) is 3.15. The van der Waals surface area contributed by atoms with E-state index in [-0.39, 0.29) is 5.91 Å². The van der Waals surface area contributed by atoms with Crippen LogP contribution < -0.4 is 5.32 Å². The molecule has 1 heterocycles. The molecule has 0 atom stereocenters. The summed E-state index contributed by atoms with van der Waals surface area (Å²) in [5.74, 6) is -0.0161. The number of amides is 1. The fourth-order valence-corrected chi connectivity index (χ4v) is 1.07. The van der Waals surface area contributed by atoms with E-state index in [1.807, 2.05) is 30.8 Å². The zero-order chi connectivity index (χ0) is 10.6. The van der Waals surface area contributed by atoms with Crippen molar-refractivity contribution in [2.75, 3.05) is 6.54 Å². The summed E-state index contributed by atoms with van der Waals surface area (Å²) in [6.07, 6.45) is 5.67. The van der Waals surface area contributed by atoms with Gasteiger partial charge < -0.3 is 5.32 Å². The second kappa shape index (κ2) is 4.60. The van der Waals surface area contributed by atoms with E-state index in [0.29, 0.717) is 6.54 Å². The standard InChI is InChI=1S/C10H15N3O/c1-8-10(7-12-13(8)3)5-4-6-11-9(2)14/h4-5,7H,6H2,1-3H3,(H,11,14). The minimum absolute atomic E-state index is 0.0161. The maximum Gasteiger partial charge on any atom is 0.217 e. The lowest BCUT2D eigenvalue weighted by atomic mass is 10.2. The lowest BCUT2D eigenvalue weighted by Gasteiger charge is -1.95. The quantitative estimate of drug-likeness (QED) is 0.774. The Morgan fingerprint density at radius 2 is 2.43 bits per heavy atom. The van der Waals surface area contributed by atoms with Gasteiger partial charge in [0, 0.05) is 31.8 Å². The molecule has 0 fully saturated rings. The van der Waals surface area contributed by atoms with Gasteiger partial charge in [0.05, 0.1) is 6.20 Å². The Labute approximate surface area is 83.6 Å². The van der Waals surface area contributed by atoms with E-state index < -0.39 is 0 Å². The molecule has 0 spiro atoms. The van der Waals surface area contributed by atoms with Crippen LogP contribution in [0, 0.1) is 6.92 Å². The van der Waals surface area contributed by atoms with Crippen molar-refractivity contribution in [3.8, 4) is 0 Å². The SMILES string of the molecule is CC(=O)NCC=Cc1cnn(C)c1C. The number of carbonyl (C=O) groups is 1. The molecule has 0 bridgehead atoms. The summed E-state index contributed by atoms with van der Waals surface area (Å²) in [4.78, 5) is 10.6. The molecule has 0 aliphatic carbocycles. The number of carbonyl (C=O) groups excluding carboxylic acids is 1. The fraction of sp³-hybridized carbons (Fsp3) is 0.400. The van der Waals surface area contributed by atoms with E-state index in [1.165, 1.54) is 6.92 Å². The summed E-state index contributed by atoms with van der Waals surface area (Å²) in [6.45, 7) is 4.07. The molecule has 0 aliphatic heterocycles. The Bertz CT molecular complexity index is 352. The van der Waals surface area contributed by atoms with Crippen LogP contribution in [-0.2, 0) is 11.8 Å². The molecule has 1 rings (SSSR count). The molecule has 0 saturated heterocycles. The summed E-state index contributed by atoms with van der Waals surface area (Å²) < 4.78 is 1.82. The maximum absolute atomic E-state index is 10.6. The number of rotatable bonds is 3. The molecule has 1 amide bonds. The van der Waals surface area contributed by atoms with Crippen molar-refractivity contribution in [1.29, 1.82) is 0 Å². The third kappa shape index (κ3) is 2.73. The molecule has 76 valence electrons. The Balaban J connectivity index is 2.52. The molecule has 0 aliphatic rings. The first-order valence-corrected chi connectivity index (χ1v) is 4.51. The molecule has 0 unspecified atom stereocenters. The number of nitrogens with one attached hydrogen (secondary N) is 1. The Morgan fingerprint density at radius 1 is 1.71 bits per heavy atom.